The summed E-state index contributed by atoms with van der Waals surface area (Å²) in [5.41, 5.74) is 1.58. The number of benzene rings is 1. The maximum atomic E-state index is 12.9. The van der Waals surface area contributed by atoms with E-state index in [2.05, 4.69) is 25.3 Å². The third-order valence-corrected chi connectivity index (χ3v) is 5.04. The Kier molecular flexibility index (Phi) is 7.72. The molecule has 5 nitrogen and oxygen atoms in total. The van der Waals surface area contributed by atoms with Crippen molar-refractivity contribution < 1.29 is 14.3 Å². The zero-order valence-electron chi connectivity index (χ0n) is 17.5. The highest BCUT2D eigenvalue weighted by molar-refractivity contribution is 5.95. The molecule has 1 aliphatic heterocycles. The fraction of sp³-hybridized carbons (Fsp3) is 0.591. The van der Waals surface area contributed by atoms with Crippen molar-refractivity contribution in [2.75, 3.05) is 33.3 Å². The molecule has 0 aromatic heterocycles. The van der Waals surface area contributed by atoms with Crippen LogP contribution in [0.1, 0.15) is 50.9 Å². The van der Waals surface area contributed by atoms with Gasteiger partial charge < -0.3 is 19.3 Å². The van der Waals surface area contributed by atoms with Gasteiger partial charge in [-0.3, -0.25) is 4.79 Å². The normalized spacial score (nSPS) is 15.6. The van der Waals surface area contributed by atoms with Crippen LogP contribution in [0.3, 0.4) is 0 Å². The molecule has 0 atom stereocenters. The highest BCUT2D eigenvalue weighted by Gasteiger charge is 2.24. The summed E-state index contributed by atoms with van der Waals surface area (Å²) in [6.45, 7) is 15.5. The van der Waals surface area contributed by atoms with Gasteiger partial charge in [-0.1, -0.05) is 12.2 Å². The van der Waals surface area contributed by atoms with Crippen LogP contribution >= 0.6 is 0 Å². The molecule has 1 saturated heterocycles. The van der Waals surface area contributed by atoms with Crippen LogP contribution in [-0.2, 0) is 0 Å². The van der Waals surface area contributed by atoms with Crippen molar-refractivity contribution in [3.8, 4) is 11.5 Å². The number of likely N-dealkylation sites (tertiary alicyclic amines) is 1. The van der Waals surface area contributed by atoms with Gasteiger partial charge in [-0.2, -0.15) is 0 Å². The summed E-state index contributed by atoms with van der Waals surface area (Å²) >= 11 is 0. The molecule has 0 spiro atoms. The van der Waals surface area contributed by atoms with Crippen molar-refractivity contribution in [3.05, 3.63) is 35.9 Å². The van der Waals surface area contributed by atoms with E-state index in [1.165, 1.54) is 0 Å². The lowest BCUT2D eigenvalue weighted by molar-refractivity contribution is 0.0767. The Labute approximate surface area is 163 Å². The summed E-state index contributed by atoms with van der Waals surface area (Å²) in [6, 6.07) is 6.00. The molecule has 0 radical (unpaired) electrons. The quantitative estimate of drug-likeness (QED) is 0.646. The van der Waals surface area contributed by atoms with Gasteiger partial charge in [0.05, 0.1) is 7.11 Å². The number of nitrogens with zero attached hydrogens (tertiary/aromatic N) is 2. The first kappa shape index (κ1) is 21.3. The van der Waals surface area contributed by atoms with Gasteiger partial charge in [-0.15, -0.1) is 0 Å². The zero-order valence-corrected chi connectivity index (χ0v) is 17.5. The van der Waals surface area contributed by atoms with Crippen LogP contribution in [0.25, 0.3) is 0 Å². The van der Waals surface area contributed by atoms with Gasteiger partial charge in [-0.25, -0.2) is 0 Å². The van der Waals surface area contributed by atoms with Crippen molar-refractivity contribution in [2.45, 2.75) is 52.7 Å². The highest BCUT2D eigenvalue weighted by atomic mass is 16.5. The maximum Gasteiger partial charge on any atom is 0.254 e. The largest absolute Gasteiger partial charge is 0.493 e. The van der Waals surface area contributed by atoms with E-state index in [4.69, 9.17) is 9.47 Å². The minimum atomic E-state index is -0.0115. The fourth-order valence-electron chi connectivity index (χ4n) is 3.43. The van der Waals surface area contributed by atoms with E-state index in [9.17, 15) is 4.79 Å². The number of piperidine rings is 1. The topological polar surface area (TPSA) is 42.0 Å². The second-order valence-corrected chi connectivity index (χ2v) is 7.59. The van der Waals surface area contributed by atoms with Gasteiger partial charge in [0.25, 0.3) is 5.91 Å². The van der Waals surface area contributed by atoms with Crippen molar-refractivity contribution in [1.29, 1.82) is 0 Å². The van der Waals surface area contributed by atoms with Crippen LogP contribution in [0.5, 0.6) is 11.5 Å². The Morgan fingerprint density at radius 2 is 1.96 bits per heavy atom. The Hall–Kier alpha value is -2.01. The van der Waals surface area contributed by atoms with Crippen molar-refractivity contribution in [1.82, 2.24) is 9.80 Å². The predicted molar refractivity (Wildman–Crippen MR) is 110 cm³/mol. The third-order valence-electron chi connectivity index (χ3n) is 5.04. The molecule has 1 aliphatic rings. The van der Waals surface area contributed by atoms with Crippen LogP contribution in [0.15, 0.2) is 30.4 Å². The van der Waals surface area contributed by atoms with Crippen molar-refractivity contribution in [2.24, 2.45) is 0 Å². The number of carbonyl (C=O) groups is 1. The standard InChI is InChI=1S/C22H34N2O3/c1-7-23(15-16(2)3)22(25)18-8-9-20(26-6)21(14-18)27-19-10-12-24(13-11-19)17(4)5/h8-9,14,17,19H,2,7,10-13,15H2,1,3-6H3. The molecule has 2 rings (SSSR count). The van der Waals surface area contributed by atoms with Crippen molar-refractivity contribution >= 4 is 5.91 Å². The molecule has 5 heteroatoms. The van der Waals surface area contributed by atoms with Crippen LogP contribution < -0.4 is 9.47 Å². The number of ether oxygens (including phenoxy) is 2. The number of hydrogen-bond donors (Lipinski definition) is 0. The third kappa shape index (κ3) is 5.73. The summed E-state index contributed by atoms with van der Waals surface area (Å²) in [7, 11) is 1.63. The van der Waals surface area contributed by atoms with Gasteiger partial charge in [0, 0.05) is 37.8 Å². The number of methoxy groups -OCH3 is 1. The smallest absolute Gasteiger partial charge is 0.254 e. The van der Waals surface area contributed by atoms with Gasteiger partial charge >= 0.3 is 0 Å². The molecule has 1 amide bonds. The second-order valence-electron chi connectivity index (χ2n) is 7.59. The molecule has 0 aliphatic carbocycles. The van der Waals surface area contributed by atoms with E-state index >= 15 is 0 Å². The van der Waals surface area contributed by atoms with E-state index in [1.54, 1.807) is 18.1 Å². The molecule has 0 N–H and O–H groups in total. The van der Waals surface area contributed by atoms with Crippen LogP contribution in [-0.4, -0.2) is 61.1 Å². The average molecular weight is 375 g/mol. The molecule has 0 saturated carbocycles. The van der Waals surface area contributed by atoms with E-state index in [0.717, 1.165) is 31.5 Å². The number of carbonyl (C=O) groups excluding carboxylic acids is 1. The van der Waals surface area contributed by atoms with E-state index < -0.39 is 0 Å². The summed E-state index contributed by atoms with van der Waals surface area (Å²) in [5, 5.41) is 0. The maximum absolute atomic E-state index is 12.9. The Morgan fingerprint density at radius 1 is 1.30 bits per heavy atom. The lowest BCUT2D eigenvalue weighted by atomic mass is 10.1. The minimum absolute atomic E-state index is 0.0115. The van der Waals surface area contributed by atoms with Gasteiger partial charge in [0.2, 0.25) is 0 Å². The van der Waals surface area contributed by atoms with Gasteiger partial charge in [0.1, 0.15) is 6.10 Å². The molecule has 1 fully saturated rings. The predicted octanol–water partition coefficient (Wildman–Crippen LogP) is 3.99. The Balaban J connectivity index is 2.13. The van der Waals surface area contributed by atoms with Crippen LogP contribution in [0, 0.1) is 0 Å². The van der Waals surface area contributed by atoms with Crippen molar-refractivity contribution in [3.63, 3.8) is 0 Å². The van der Waals surface area contributed by atoms with Gasteiger partial charge in [0.15, 0.2) is 11.5 Å². The molecule has 0 bridgehead atoms. The average Bonchev–Trinajstić information content (AvgIpc) is 2.65. The molecule has 1 aromatic carbocycles. The Bertz CT molecular complexity index is 649. The second kappa shape index (κ2) is 9.79. The number of hydrogen-bond acceptors (Lipinski definition) is 4. The number of likely N-dealkylation sites (N-methyl/N-ethyl adjacent to an activating group) is 1. The first-order valence-corrected chi connectivity index (χ1v) is 9.88. The number of rotatable bonds is 8. The van der Waals surface area contributed by atoms with Crippen LogP contribution in [0.2, 0.25) is 0 Å². The fourth-order valence-corrected chi connectivity index (χ4v) is 3.43. The molecular weight excluding hydrogens is 340 g/mol. The zero-order chi connectivity index (χ0) is 20.0. The summed E-state index contributed by atoms with van der Waals surface area (Å²) in [6.07, 6.45) is 2.11. The van der Waals surface area contributed by atoms with Gasteiger partial charge in [-0.05, 0) is 58.7 Å². The summed E-state index contributed by atoms with van der Waals surface area (Å²) in [5.74, 6) is 1.31. The summed E-state index contributed by atoms with van der Waals surface area (Å²) in [4.78, 5) is 17.1. The van der Waals surface area contributed by atoms with E-state index in [-0.39, 0.29) is 12.0 Å². The first-order valence-electron chi connectivity index (χ1n) is 9.88. The monoisotopic (exact) mass is 374 g/mol. The molecule has 150 valence electrons. The van der Waals surface area contributed by atoms with Crippen LogP contribution in [0.4, 0.5) is 0 Å². The first-order chi connectivity index (χ1) is 12.8. The molecular formula is C22H34N2O3. The minimum Gasteiger partial charge on any atom is -0.493 e. The molecule has 1 aromatic rings. The highest BCUT2D eigenvalue weighted by Crippen LogP contribution is 2.31. The van der Waals surface area contributed by atoms with E-state index in [0.29, 0.717) is 36.2 Å². The molecule has 0 unspecified atom stereocenters. The SMILES string of the molecule is C=C(C)CN(CC)C(=O)c1ccc(OC)c(OC2CCN(C(C)C)CC2)c1. The Morgan fingerprint density at radius 3 is 2.48 bits per heavy atom. The molecule has 27 heavy (non-hydrogen) atoms. The molecule has 1 heterocycles. The lowest BCUT2D eigenvalue weighted by Gasteiger charge is -2.34. The number of amides is 1. The lowest BCUT2D eigenvalue weighted by Crippen LogP contribution is -2.41. The van der Waals surface area contributed by atoms with E-state index in [1.807, 2.05) is 26.0 Å². The summed E-state index contributed by atoms with van der Waals surface area (Å²) < 4.78 is 11.7.